The van der Waals surface area contributed by atoms with Crippen LogP contribution in [-0.2, 0) is 21.2 Å². The van der Waals surface area contributed by atoms with Crippen LogP contribution in [0.15, 0.2) is 29.2 Å². The van der Waals surface area contributed by atoms with E-state index in [2.05, 4.69) is 10.0 Å². The number of amides is 1. The van der Waals surface area contributed by atoms with Gasteiger partial charge in [0, 0.05) is 12.5 Å². The summed E-state index contributed by atoms with van der Waals surface area (Å²) < 4.78 is 26.3. The fourth-order valence-corrected chi connectivity index (χ4v) is 2.75. The predicted molar refractivity (Wildman–Crippen MR) is 85.4 cm³/mol. The molecule has 0 saturated carbocycles. The zero-order valence-corrected chi connectivity index (χ0v) is 13.6. The number of nitrogens with two attached hydrogens (primary N) is 1. The molecule has 0 fully saturated rings. The van der Waals surface area contributed by atoms with Gasteiger partial charge in [0.15, 0.2) is 0 Å². The molecule has 4 N–H and O–H groups in total. The molecular weight excluding hydrogens is 310 g/mol. The molecule has 6 nitrogen and oxygen atoms in total. The van der Waals surface area contributed by atoms with Gasteiger partial charge in [0.25, 0.3) is 0 Å². The van der Waals surface area contributed by atoms with Gasteiger partial charge in [-0.1, -0.05) is 24.4 Å². The van der Waals surface area contributed by atoms with Crippen molar-refractivity contribution in [3.05, 3.63) is 29.8 Å². The van der Waals surface area contributed by atoms with E-state index in [9.17, 15) is 13.2 Å². The zero-order valence-electron chi connectivity index (χ0n) is 11.9. The number of carbonyl (C=O) groups is 1. The van der Waals surface area contributed by atoms with Crippen LogP contribution in [0.3, 0.4) is 0 Å². The van der Waals surface area contributed by atoms with Crippen molar-refractivity contribution in [2.24, 2.45) is 5.73 Å². The van der Waals surface area contributed by atoms with E-state index in [1.165, 1.54) is 12.1 Å². The minimum absolute atomic E-state index is 0.0404. The molecule has 0 saturated heterocycles. The lowest BCUT2D eigenvalue weighted by molar-refractivity contribution is -0.120. The normalized spacial score (nSPS) is 11.4. The fourth-order valence-electron chi connectivity index (χ4n) is 1.60. The second-order valence-corrected chi connectivity index (χ2v) is 7.13. The standard InChI is InChI=1S/C13H19N3O3S2/c1-9(2)16-13(17)8-15-21(18,19)11-5-3-10(4-6-11)7-12(14)20/h3-6,9,15H,7-8H2,1-2H3,(H2,14,20)(H,16,17). The zero-order chi connectivity index (χ0) is 16.0. The van der Waals surface area contributed by atoms with Gasteiger partial charge in [0.05, 0.1) is 16.4 Å². The van der Waals surface area contributed by atoms with Crippen LogP contribution >= 0.6 is 12.2 Å². The molecule has 1 aromatic rings. The summed E-state index contributed by atoms with van der Waals surface area (Å²) in [4.78, 5) is 11.9. The number of hydrogen-bond acceptors (Lipinski definition) is 4. The van der Waals surface area contributed by atoms with E-state index in [1.54, 1.807) is 26.0 Å². The van der Waals surface area contributed by atoms with Crippen molar-refractivity contribution in [3.8, 4) is 0 Å². The van der Waals surface area contributed by atoms with E-state index in [0.717, 1.165) is 5.56 Å². The smallest absolute Gasteiger partial charge is 0.241 e. The maximum Gasteiger partial charge on any atom is 0.241 e. The number of thiocarbonyl (C=S) groups is 1. The first kappa shape index (κ1) is 17.5. The van der Waals surface area contributed by atoms with E-state index in [0.29, 0.717) is 11.4 Å². The average Bonchev–Trinajstić information content (AvgIpc) is 2.36. The van der Waals surface area contributed by atoms with Crippen LogP contribution in [0.5, 0.6) is 0 Å². The van der Waals surface area contributed by atoms with Gasteiger partial charge in [-0.3, -0.25) is 4.79 Å². The van der Waals surface area contributed by atoms with Crippen LogP contribution in [0.25, 0.3) is 0 Å². The summed E-state index contributed by atoms with van der Waals surface area (Å²) in [6.07, 6.45) is 0.417. The lowest BCUT2D eigenvalue weighted by atomic mass is 10.1. The van der Waals surface area contributed by atoms with Gasteiger partial charge in [-0.05, 0) is 31.5 Å². The summed E-state index contributed by atoms with van der Waals surface area (Å²) in [5.74, 6) is -0.376. The number of rotatable bonds is 7. The predicted octanol–water partition coefficient (Wildman–Crippen LogP) is 0.318. The van der Waals surface area contributed by atoms with Crippen LogP contribution in [-0.4, -0.2) is 31.9 Å². The molecule has 116 valence electrons. The van der Waals surface area contributed by atoms with Crippen molar-refractivity contribution < 1.29 is 13.2 Å². The molecule has 0 atom stereocenters. The molecule has 0 aliphatic rings. The quantitative estimate of drug-likeness (QED) is 0.625. The van der Waals surface area contributed by atoms with Crippen molar-refractivity contribution in [2.75, 3.05) is 6.54 Å². The Balaban J connectivity index is 2.70. The Kier molecular flexibility index (Phi) is 6.25. The summed E-state index contributed by atoms with van der Waals surface area (Å²) in [7, 11) is -3.71. The van der Waals surface area contributed by atoms with Gasteiger partial charge in [0.2, 0.25) is 15.9 Å². The molecule has 1 aromatic carbocycles. The van der Waals surface area contributed by atoms with Gasteiger partial charge < -0.3 is 11.1 Å². The Morgan fingerprint density at radius 2 is 1.86 bits per heavy atom. The molecule has 0 aliphatic heterocycles. The minimum Gasteiger partial charge on any atom is -0.393 e. The summed E-state index contributed by atoms with van der Waals surface area (Å²) >= 11 is 4.79. The van der Waals surface area contributed by atoms with E-state index in [-0.39, 0.29) is 23.4 Å². The fraction of sp³-hybridized carbons (Fsp3) is 0.385. The van der Waals surface area contributed by atoms with Gasteiger partial charge in [0.1, 0.15) is 0 Å². The van der Waals surface area contributed by atoms with Gasteiger partial charge in [-0.15, -0.1) is 0 Å². The van der Waals surface area contributed by atoms with Crippen molar-refractivity contribution in [2.45, 2.75) is 31.2 Å². The highest BCUT2D eigenvalue weighted by atomic mass is 32.2. The molecule has 0 unspecified atom stereocenters. The molecule has 21 heavy (non-hydrogen) atoms. The molecule has 1 rings (SSSR count). The molecule has 1 amide bonds. The Hall–Kier alpha value is -1.51. The maximum atomic E-state index is 12.0. The van der Waals surface area contributed by atoms with Crippen molar-refractivity contribution in [1.29, 1.82) is 0 Å². The third-order valence-electron chi connectivity index (χ3n) is 2.48. The van der Waals surface area contributed by atoms with Gasteiger partial charge in [-0.2, -0.15) is 0 Å². The Bertz CT molecular complexity index is 610. The number of hydrogen-bond donors (Lipinski definition) is 3. The summed E-state index contributed by atoms with van der Waals surface area (Å²) in [5, 5.41) is 2.60. The second-order valence-electron chi connectivity index (χ2n) is 4.83. The third kappa shape index (κ3) is 6.19. The minimum atomic E-state index is -3.71. The molecule has 0 bridgehead atoms. The van der Waals surface area contributed by atoms with E-state index >= 15 is 0 Å². The molecule has 0 heterocycles. The van der Waals surface area contributed by atoms with E-state index in [1.807, 2.05) is 0 Å². The summed E-state index contributed by atoms with van der Waals surface area (Å²) in [6, 6.07) is 6.15. The van der Waals surface area contributed by atoms with E-state index < -0.39 is 10.0 Å². The molecular formula is C13H19N3O3S2. The first-order chi connectivity index (χ1) is 9.70. The molecule has 8 heteroatoms. The topological polar surface area (TPSA) is 101 Å². The van der Waals surface area contributed by atoms with Crippen molar-refractivity contribution >= 4 is 33.1 Å². The maximum absolute atomic E-state index is 12.0. The Morgan fingerprint density at radius 3 is 2.33 bits per heavy atom. The SMILES string of the molecule is CC(C)NC(=O)CNS(=O)(=O)c1ccc(CC(N)=S)cc1. The number of sulfonamides is 1. The molecule has 0 spiro atoms. The largest absolute Gasteiger partial charge is 0.393 e. The Morgan fingerprint density at radius 1 is 1.29 bits per heavy atom. The summed E-state index contributed by atoms with van der Waals surface area (Å²) in [5.41, 5.74) is 6.26. The Labute approximate surface area is 130 Å². The molecule has 0 radical (unpaired) electrons. The third-order valence-corrected chi connectivity index (χ3v) is 4.05. The van der Waals surface area contributed by atoms with Crippen LogP contribution in [0, 0.1) is 0 Å². The highest BCUT2D eigenvalue weighted by molar-refractivity contribution is 7.89. The van der Waals surface area contributed by atoms with Crippen molar-refractivity contribution in [3.63, 3.8) is 0 Å². The highest BCUT2D eigenvalue weighted by Crippen LogP contribution is 2.10. The first-order valence-corrected chi connectivity index (χ1v) is 8.26. The lowest BCUT2D eigenvalue weighted by Crippen LogP contribution is -2.39. The van der Waals surface area contributed by atoms with Crippen LogP contribution in [0.1, 0.15) is 19.4 Å². The van der Waals surface area contributed by atoms with Gasteiger partial charge >= 0.3 is 0 Å². The number of nitrogens with one attached hydrogen (secondary N) is 2. The molecule has 0 aromatic heterocycles. The second kappa shape index (κ2) is 7.48. The van der Waals surface area contributed by atoms with Crippen molar-refractivity contribution in [1.82, 2.24) is 10.0 Å². The number of benzene rings is 1. The van der Waals surface area contributed by atoms with Crippen LogP contribution in [0.4, 0.5) is 0 Å². The monoisotopic (exact) mass is 329 g/mol. The van der Waals surface area contributed by atoms with E-state index in [4.69, 9.17) is 18.0 Å². The van der Waals surface area contributed by atoms with Crippen LogP contribution < -0.4 is 15.8 Å². The molecule has 0 aliphatic carbocycles. The highest BCUT2D eigenvalue weighted by Gasteiger charge is 2.15. The lowest BCUT2D eigenvalue weighted by Gasteiger charge is -2.10. The number of carbonyl (C=O) groups excluding carboxylic acids is 1. The van der Waals surface area contributed by atoms with Crippen LogP contribution in [0.2, 0.25) is 0 Å². The average molecular weight is 329 g/mol. The summed E-state index contributed by atoms with van der Waals surface area (Å²) in [6.45, 7) is 3.30. The first-order valence-electron chi connectivity index (χ1n) is 6.37. The van der Waals surface area contributed by atoms with Gasteiger partial charge in [-0.25, -0.2) is 13.1 Å².